The number of aliphatic hydroxyl groups is 1. The van der Waals surface area contributed by atoms with E-state index in [0.717, 1.165) is 47.1 Å². The second-order valence-electron chi connectivity index (χ2n) is 8.17. The minimum atomic E-state index is -0.371. The van der Waals surface area contributed by atoms with Gasteiger partial charge in [0.25, 0.3) is 0 Å². The molecule has 6 heteroatoms. The summed E-state index contributed by atoms with van der Waals surface area (Å²) in [6, 6.07) is 8.12. The highest BCUT2D eigenvalue weighted by molar-refractivity contribution is 6.11. The van der Waals surface area contributed by atoms with Gasteiger partial charge in [-0.15, -0.1) is 0 Å². The summed E-state index contributed by atoms with van der Waals surface area (Å²) in [6.07, 6.45) is 11.9. The first kappa shape index (κ1) is 23.4. The molecule has 2 atom stereocenters. The van der Waals surface area contributed by atoms with Crippen LogP contribution in [0, 0.1) is 0 Å². The van der Waals surface area contributed by atoms with Gasteiger partial charge in [-0.1, -0.05) is 36.9 Å². The van der Waals surface area contributed by atoms with Crippen LogP contribution in [0.3, 0.4) is 0 Å². The second kappa shape index (κ2) is 10.9. The number of aliphatic hydroxyl groups excluding tert-OH is 1. The van der Waals surface area contributed by atoms with Gasteiger partial charge in [0, 0.05) is 56.5 Å². The highest BCUT2D eigenvalue weighted by atomic mass is 16.3. The molecule has 0 radical (unpaired) electrons. The van der Waals surface area contributed by atoms with Crippen molar-refractivity contribution in [3.8, 4) is 11.4 Å². The number of aromatic nitrogens is 2. The Morgan fingerprint density at radius 2 is 2.09 bits per heavy atom. The zero-order chi connectivity index (χ0) is 23.1. The minimum absolute atomic E-state index is 0.0186. The van der Waals surface area contributed by atoms with Gasteiger partial charge in [-0.2, -0.15) is 0 Å². The van der Waals surface area contributed by atoms with E-state index < -0.39 is 0 Å². The smallest absolute Gasteiger partial charge is 0.161 e. The third-order valence-electron chi connectivity index (χ3n) is 5.55. The Kier molecular flexibility index (Phi) is 7.95. The topological polar surface area (TPSA) is 73.6 Å². The molecular formula is C26H33N5O. The molecule has 2 aromatic rings. The van der Waals surface area contributed by atoms with E-state index in [9.17, 15) is 5.11 Å². The van der Waals surface area contributed by atoms with Crippen molar-refractivity contribution >= 4 is 23.2 Å². The highest BCUT2D eigenvalue weighted by Crippen LogP contribution is 2.29. The molecule has 2 N–H and O–H groups in total. The summed E-state index contributed by atoms with van der Waals surface area (Å²) in [4.78, 5) is 15.7. The molecule has 0 saturated heterocycles. The van der Waals surface area contributed by atoms with Crippen molar-refractivity contribution in [2.75, 3.05) is 26.5 Å². The van der Waals surface area contributed by atoms with Crippen molar-refractivity contribution in [2.24, 2.45) is 4.99 Å². The third kappa shape index (κ3) is 5.51. The van der Waals surface area contributed by atoms with E-state index in [1.165, 1.54) is 0 Å². The number of rotatable bonds is 8. The molecule has 0 spiro atoms. The Morgan fingerprint density at radius 3 is 2.72 bits per heavy atom. The predicted octanol–water partition coefficient (Wildman–Crippen LogP) is 4.66. The molecular weight excluding hydrogens is 398 g/mol. The Hall–Kier alpha value is -3.25. The van der Waals surface area contributed by atoms with E-state index >= 15 is 0 Å². The van der Waals surface area contributed by atoms with Gasteiger partial charge in [0.15, 0.2) is 5.82 Å². The Bertz CT molecular complexity index is 1040. The van der Waals surface area contributed by atoms with E-state index in [4.69, 9.17) is 4.98 Å². The number of hydrogen-bond acceptors (Lipinski definition) is 6. The normalized spacial score (nSPS) is 19.4. The fourth-order valence-electron chi connectivity index (χ4n) is 3.93. The van der Waals surface area contributed by atoms with E-state index in [-0.39, 0.29) is 12.1 Å². The SMILES string of the molecule is C=C/C(=C\N(C)C)c1cccc(-c2ncc(/C(C=NC)=C/C)c(NC3CCCC3O)n2)c1. The van der Waals surface area contributed by atoms with Gasteiger partial charge in [0.2, 0.25) is 0 Å². The maximum absolute atomic E-state index is 10.4. The van der Waals surface area contributed by atoms with Crippen molar-refractivity contribution in [3.63, 3.8) is 0 Å². The summed E-state index contributed by atoms with van der Waals surface area (Å²) in [5, 5.41) is 13.8. The van der Waals surface area contributed by atoms with Crippen molar-refractivity contribution in [2.45, 2.75) is 38.3 Å². The molecule has 1 aromatic heterocycles. The lowest BCUT2D eigenvalue weighted by molar-refractivity contribution is 0.171. The first-order valence-corrected chi connectivity index (χ1v) is 11.0. The van der Waals surface area contributed by atoms with E-state index in [1.54, 1.807) is 13.3 Å². The maximum atomic E-state index is 10.4. The van der Waals surface area contributed by atoms with E-state index in [2.05, 4.69) is 34.0 Å². The molecule has 1 aliphatic carbocycles. The van der Waals surface area contributed by atoms with Gasteiger partial charge in [-0.05, 0) is 43.4 Å². The lowest BCUT2D eigenvalue weighted by Gasteiger charge is -2.20. The quantitative estimate of drug-likeness (QED) is 0.470. The summed E-state index contributed by atoms with van der Waals surface area (Å²) in [5.41, 5.74) is 4.80. The molecule has 168 valence electrons. The van der Waals surface area contributed by atoms with Crippen LogP contribution < -0.4 is 5.32 Å². The zero-order valence-electron chi connectivity index (χ0n) is 19.4. The average molecular weight is 432 g/mol. The van der Waals surface area contributed by atoms with E-state index in [0.29, 0.717) is 11.6 Å². The van der Waals surface area contributed by atoms with Crippen LogP contribution in [-0.2, 0) is 0 Å². The van der Waals surface area contributed by atoms with Crippen LogP contribution in [0.1, 0.15) is 37.3 Å². The Balaban J connectivity index is 2.05. The summed E-state index contributed by atoms with van der Waals surface area (Å²) in [6.45, 7) is 5.92. The molecule has 1 saturated carbocycles. The number of nitrogens with zero attached hydrogens (tertiary/aromatic N) is 4. The van der Waals surface area contributed by atoms with Crippen LogP contribution in [-0.4, -0.2) is 59.5 Å². The molecule has 32 heavy (non-hydrogen) atoms. The lowest BCUT2D eigenvalue weighted by Crippen LogP contribution is -2.29. The number of anilines is 1. The lowest BCUT2D eigenvalue weighted by atomic mass is 10.0. The number of allylic oxidation sites excluding steroid dienone is 4. The molecule has 6 nitrogen and oxygen atoms in total. The first-order chi connectivity index (χ1) is 15.5. The van der Waals surface area contributed by atoms with Gasteiger partial charge >= 0.3 is 0 Å². The van der Waals surface area contributed by atoms with Crippen molar-refractivity contribution < 1.29 is 5.11 Å². The first-order valence-electron chi connectivity index (χ1n) is 11.0. The monoisotopic (exact) mass is 431 g/mol. The molecule has 3 rings (SSSR count). The van der Waals surface area contributed by atoms with Crippen LogP contribution in [0.15, 0.2) is 60.4 Å². The van der Waals surface area contributed by atoms with Crippen molar-refractivity contribution in [1.82, 2.24) is 14.9 Å². The fourth-order valence-corrected chi connectivity index (χ4v) is 3.93. The van der Waals surface area contributed by atoms with Crippen LogP contribution in [0.25, 0.3) is 22.5 Å². The number of aliphatic imine (C=N–C) groups is 1. The number of nitrogens with one attached hydrogen (secondary N) is 1. The van der Waals surface area contributed by atoms with Gasteiger partial charge in [0.1, 0.15) is 5.82 Å². The minimum Gasteiger partial charge on any atom is -0.391 e. The molecule has 2 unspecified atom stereocenters. The van der Waals surface area contributed by atoms with Gasteiger partial charge in [0.05, 0.1) is 12.1 Å². The third-order valence-corrected chi connectivity index (χ3v) is 5.55. The van der Waals surface area contributed by atoms with Crippen LogP contribution in [0.2, 0.25) is 0 Å². The van der Waals surface area contributed by atoms with Crippen LogP contribution in [0.4, 0.5) is 5.82 Å². The van der Waals surface area contributed by atoms with E-state index in [1.807, 2.05) is 62.6 Å². The van der Waals surface area contributed by atoms with Crippen molar-refractivity contribution in [1.29, 1.82) is 0 Å². The number of benzene rings is 1. The Labute approximate surface area is 191 Å². The summed E-state index contributed by atoms with van der Waals surface area (Å²) in [5.74, 6) is 1.34. The Morgan fingerprint density at radius 1 is 1.28 bits per heavy atom. The molecule has 0 amide bonds. The molecule has 0 bridgehead atoms. The molecule has 1 heterocycles. The average Bonchev–Trinajstić information content (AvgIpc) is 3.20. The van der Waals surface area contributed by atoms with Gasteiger partial charge in [-0.3, -0.25) is 4.99 Å². The zero-order valence-corrected chi connectivity index (χ0v) is 19.4. The highest BCUT2D eigenvalue weighted by Gasteiger charge is 2.26. The summed E-state index contributed by atoms with van der Waals surface area (Å²) >= 11 is 0. The number of hydrogen-bond donors (Lipinski definition) is 2. The van der Waals surface area contributed by atoms with Gasteiger partial charge in [-0.25, -0.2) is 9.97 Å². The molecule has 1 aromatic carbocycles. The second-order valence-corrected chi connectivity index (χ2v) is 8.17. The largest absolute Gasteiger partial charge is 0.391 e. The molecule has 1 fully saturated rings. The maximum Gasteiger partial charge on any atom is 0.161 e. The van der Waals surface area contributed by atoms with Crippen molar-refractivity contribution in [3.05, 3.63) is 66.5 Å². The van der Waals surface area contributed by atoms with Crippen LogP contribution in [0.5, 0.6) is 0 Å². The molecule has 1 aliphatic rings. The summed E-state index contributed by atoms with van der Waals surface area (Å²) < 4.78 is 0. The molecule has 0 aliphatic heterocycles. The fraction of sp³-hybridized carbons (Fsp3) is 0.346. The predicted molar refractivity (Wildman–Crippen MR) is 135 cm³/mol. The van der Waals surface area contributed by atoms with Crippen LogP contribution >= 0.6 is 0 Å². The standard InChI is InChI=1S/C26H33N5O/c1-6-18(15-27-3)22-16-28-25(30-26(22)29-23-12-9-13-24(23)32)21-11-8-10-20(14-21)19(7-2)17-31(4)5/h6-8,10-11,14-17,23-24,32H,2,9,12-13H2,1,3-5H3,(H,28,29,30)/b18-6+,19-17+,27-15?. The van der Waals surface area contributed by atoms with Gasteiger partial charge < -0.3 is 15.3 Å². The summed E-state index contributed by atoms with van der Waals surface area (Å²) in [7, 11) is 5.72.